The number of ether oxygens (including phenoxy) is 1. The van der Waals surface area contributed by atoms with Crippen molar-refractivity contribution in [2.24, 2.45) is 0 Å². The maximum Gasteiger partial charge on any atom is 0.246 e. The lowest BCUT2D eigenvalue weighted by Gasteiger charge is -2.34. The number of benzene rings is 2. The minimum atomic E-state index is -3.59. The largest absolute Gasteiger partial charge is 0.495 e. The molecule has 28 heavy (non-hydrogen) atoms. The Morgan fingerprint density at radius 2 is 1.68 bits per heavy atom. The van der Waals surface area contributed by atoms with Crippen molar-refractivity contribution in [3.63, 3.8) is 0 Å². The smallest absolute Gasteiger partial charge is 0.246 e. The normalized spacial score (nSPS) is 16.5. The van der Waals surface area contributed by atoms with Crippen LogP contribution in [0.25, 0.3) is 0 Å². The molecular formula is C22H30N2O3S. The summed E-state index contributed by atoms with van der Waals surface area (Å²) in [7, 11) is -2.06. The summed E-state index contributed by atoms with van der Waals surface area (Å²) in [6.07, 6.45) is 0. The van der Waals surface area contributed by atoms with Crippen LogP contribution in [0.15, 0.2) is 47.4 Å². The van der Waals surface area contributed by atoms with Gasteiger partial charge in [0.25, 0.3) is 0 Å². The third-order valence-corrected chi connectivity index (χ3v) is 7.29. The van der Waals surface area contributed by atoms with E-state index in [9.17, 15) is 8.42 Å². The van der Waals surface area contributed by atoms with Gasteiger partial charge in [0, 0.05) is 32.7 Å². The van der Waals surface area contributed by atoms with E-state index in [0.29, 0.717) is 18.8 Å². The number of aryl methyl sites for hydroxylation is 1. The van der Waals surface area contributed by atoms with Gasteiger partial charge in [-0.1, -0.05) is 44.2 Å². The lowest BCUT2D eigenvalue weighted by atomic mass is 9.98. The summed E-state index contributed by atoms with van der Waals surface area (Å²) in [5.41, 5.74) is 3.35. The number of hydrogen-bond acceptors (Lipinski definition) is 4. The highest BCUT2D eigenvalue weighted by atomic mass is 32.2. The first-order chi connectivity index (χ1) is 13.3. The van der Waals surface area contributed by atoms with Crippen molar-refractivity contribution >= 4 is 10.0 Å². The van der Waals surface area contributed by atoms with Crippen molar-refractivity contribution in [2.45, 2.75) is 38.1 Å². The van der Waals surface area contributed by atoms with Gasteiger partial charge in [-0.15, -0.1) is 0 Å². The molecule has 152 valence electrons. The van der Waals surface area contributed by atoms with Crippen molar-refractivity contribution in [1.82, 2.24) is 9.21 Å². The van der Waals surface area contributed by atoms with Crippen LogP contribution < -0.4 is 4.74 Å². The SMILES string of the molecule is COc1cc(C)c(C(C)C)cc1S(=O)(=O)N1CCN(Cc2ccccc2)CC1. The molecule has 0 aliphatic carbocycles. The highest BCUT2D eigenvalue weighted by Crippen LogP contribution is 2.33. The summed E-state index contributed by atoms with van der Waals surface area (Å²) in [5.74, 6) is 0.677. The minimum Gasteiger partial charge on any atom is -0.495 e. The molecule has 2 aromatic rings. The van der Waals surface area contributed by atoms with Crippen molar-refractivity contribution < 1.29 is 13.2 Å². The third-order valence-electron chi connectivity index (χ3n) is 5.37. The van der Waals surface area contributed by atoms with Crippen molar-refractivity contribution in [2.75, 3.05) is 33.3 Å². The summed E-state index contributed by atoms with van der Waals surface area (Å²) >= 11 is 0. The third kappa shape index (κ3) is 4.40. The first kappa shape index (κ1) is 20.8. The van der Waals surface area contributed by atoms with Crippen molar-refractivity contribution in [3.8, 4) is 5.75 Å². The highest BCUT2D eigenvalue weighted by molar-refractivity contribution is 7.89. The van der Waals surface area contributed by atoms with Gasteiger partial charge in [-0.05, 0) is 41.7 Å². The summed E-state index contributed by atoms with van der Waals surface area (Å²) in [4.78, 5) is 2.58. The zero-order valence-corrected chi connectivity index (χ0v) is 18.0. The maximum atomic E-state index is 13.3. The van der Waals surface area contributed by atoms with E-state index in [0.717, 1.165) is 30.8 Å². The molecule has 0 saturated carbocycles. The highest BCUT2D eigenvalue weighted by Gasteiger charge is 2.31. The Bertz CT molecular complexity index is 903. The second-order valence-corrected chi connectivity index (χ2v) is 9.59. The van der Waals surface area contributed by atoms with E-state index in [-0.39, 0.29) is 10.8 Å². The Balaban J connectivity index is 1.78. The lowest BCUT2D eigenvalue weighted by Crippen LogP contribution is -2.48. The second kappa shape index (κ2) is 8.64. The molecule has 0 radical (unpaired) electrons. The van der Waals surface area contributed by atoms with Crippen LogP contribution in [-0.4, -0.2) is 50.9 Å². The minimum absolute atomic E-state index is 0.252. The van der Waals surface area contributed by atoms with E-state index in [2.05, 4.69) is 30.9 Å². The molecule has 0 amide bonds. The van der Waals surface area contributed by atoms with Gasteiger partial charge in [-0.25, -0.2) is 8.42 Å². The van der Waals surface area contributed by atoms with E-state index < -0.39 is 10.0 Å². The van der Waals surface area contributed by atoms with E-state index in [1.165, 1.54) is 12.7 Å². The molecule has 1 heterocycles. The number of piperazine rings is 1. The van der Waals surface area contributed by atoms with Crippen LogP contribution >= 0.6 is 0 Å². The fourth-order valence-electron chi connectivity index (χ4n) is 3.77. The topological polar surface area (TPSA) is 49.9 Å². The van der Waals surface area contributed by atoms with Gasteiger partial charge in [-0.2, -0.15) is 4.31 Å². The fourth-order valence-corrected chi connectivity index (χ4v) is 5.36. The van der Waals surface area contributed by atoms with Gasteiger partial charge in [0.05, 0.1) is 7.11 Å². The Hall–Kier alpha value is -1.89. The van der Waals surface area contributed by atoms with Crippen LogP contribution in [0.2, 0.25) is 0 Å². The Morgan fingerprint density at radius 3 is 2.25 bits per heavy atom. The molecule has 1 fully saturated rings. The maximum absolute atomic E-state index is 13.3. The molecule has 0 unspecified atom stereocenters. The van der Waals surface area contributed by atoms with Crippen LogP contribution in [0.1, 0.15) is 36.5 Å². The summed E-state index contributed by atoms with van der Waals surface area (Å²) in [6, 6.07) is 13.9. The molecule has 0 bridgehead atoms. The first-order valence-corrected chi connectivity index (χ1v) is 11.2. The summed E-state index contributed by atoms with van der Waals surface area (Å²) in [5, 5.41) is 0. The molecule has 1 saturated heterocycles. The fraction of sp³-hybridized carbons (Fsp3) is 0.455. The average Bonchev–Trinajstić information content (AvgIpc) is 2.68. The van der Waals surface area contributed by atoms with E-state index >= 15 is 0 Å². The summed E-state index contributed by atoms with van der Waals surface area (Å²) in [6.45, 7) is 9.42. The molecule has 2 aromatic carbocycles. The Morgan fingerprint density at radius 1 is 1.04 bits per heavy atom. The Labute approximate surface area is 169 Å². The second-order valence-electron chi connectivity index (χ2n) is 7.68. The van der Waals surface area contributed by atoms with Gasteiger partial charge < -0.3 is 4.74 Å². The molecule has 5 nitrogen and oxygen atoms in total. The molecule has 3 rings (SSSR count). The zero-order valence-electron chi connectivity index (χ0n) is 17.2. The predicted molar refractivity (Wildman–Crippen MR) is 112 cm³/mol. The average molecular weight is 403 g/mol. The van der Waals surface area contributed by atoms with Crippen LogP contribution in [0.5, 0.6) is 5.75 Å². The monoisotopic (exact) mass is 402 g/mol. The summed E-state index contributed by atoms with van der Waals surface area (Å²) < 4.78 is 33.7. The van der Waals surface area contributed by atoms with Gasteiger partial charge in [0.2, 0.25) is 10.0 Å². The number of methoxy groups -OCH3 is 1. The predicted octanol–water partition coefficient (Wildman–Crippen LogP) is 3.63. The number of rotatable bonds is 6. The van der Waals surface area contributed by atoms with Gasteiger partial charge in [0.15, 0.2) is 0 Å². The van der Waals surface area contributed by atoms with Crippen molar-refractivity contribution in [1.29, 1.82) is 0 Å². The van der Waals surface area contributed by atoms with E-state index in [1.807, 2.05) is 31.2 Å². The van der Waals surface area contributed by atoms with Gasteiger partial charge in [-0.3, -0.25) is 4.90 Å². The molecule has 0 N–H and O–H groups in total. The van der Waals surface area contributed by atoms with Crippen LogP contribution in [0.4, 0.5) is 0 Å². The van der Waals surface area contributed by atoms with Crippen LogP contribution in [-0.2, 0) is 16.6 Å². The number of sulfonamides is 1. The van der Waals surface area contributed by atoms with Gasteiger partial charge >= 0.3 is 0 Å². The quantitative estimate of drug-likeness (QED) is 0.740. The zero-order chi connectivity index (χ0) is 20.3. The molecule has 0 aromatic heterocycles. The Kier molecular flexibility index (Phi) is 6.43. The molecule has 6 heteroatoms. The van der Waals surface area contributed by atoms with Crippen LogP contribution in [0, 0.1) is 6.92 Å². The standard InChI is InChI=1S/C22H30N2O3S/c1-17(2)20-15-22(21(27-4)14-18(20)3)28(25,26)24-12-10-23(11-13-24)16-19-8-6-5-7-9-19/h5-9,14-15,17H,10-13,16H2,1-4H3. The van der Waals surface area contributed by atoms with Crippen molar-refractivity contribution in [3.05, 3.63) is 59.2 Å². The number of nitrogens with zero attached hydrogens (tertiary/aromatic N) is 2. The molecule has 1 aliphatic heterocycles. The van der Waals surface area contributed by atoms with E-state index in [4.69, 9.17) is 4.74 Å². The number of hydrogen-bond donors (Lipinski definition) is 0. The molecule has 1 aliphatic rings. The van der Waals surface area contributed by atoms with E-state index in [1.54, 1.807) is 10.4 Å². The first-order valence-electron chi connectivity index (χ1n) is 9.78. The molecule has 0 spiro atoms. The van der Waals surface area contributed by atoms with Gasteiger partial charge in [0.1, 0.15) is 10.6 Å². The molecular weight excluding hydrogens is 372 g/mol. The lowest BCUT2D eigenvalue weighted by molar-refractivity contribution is 0.181. The van der Waals surface area contributed by atoms with Crippen LogP contribution in [0.3, 0.4) is 0 Å². The molecule has 0 atom stereocenters.